The molecule has 3 nitrogen and oxygen atoms in total. The molecule has 0 bridgehead atoms. The Hall–Kier alpha value is -2.34. The quantitative estimate of drug-likeness (QED) is 0.518. The third-order valence-corrected chi connectivity index (χ3v) is 3.69. The van der Waals surface area contributed by atoms with Crippen LogP contribution < -0.4 is 4.74 Å². The molecule has 1 heterocycles. The van der Waals surface area contributed by atoms with Gasteiger partial charge in [-0.3, -0.25) is 0 Å². The van der Waals surface area contributed by atoms with Crippen molar-refractivity contribution in [3.63, 3.8) is 0 Å². The molecule has 0 aliphatic rings. The van der Waals surface area contributed by atoms with Gasteiger partial charge in [0.1, 0.15) is 0 Å². The van der Waals surface area contributed by atoms with Gasteiger partial charge in [0.15, 0.2) is 5.75 Å². The van der Waals surface area contributed by atoms with Crippen LogP contribution >= 0.6 is 0 Å². The highest BCUT2D eigenvalue weighted by Gasteiger charge is 1.96. The van der Waals surface area contributed by atoms with Gasteiger partial charge in [0.05, 0.1) is 19.0 Å². The minimum Gasteiger partial charge on any atom is -0.490 e. The van der Waals surface area contributed by atoms with Crippen LogP contribution in [0.15, 0.2) is 36.7 Å². The summed E-state index contributed by atoms with van der Waals surface area (Å²) in [6, 6.07) is 8.47. The number of nitrogens with zero attached hydrogens (tertiary/aromatic N) is 2. The molecule has 0 radical (unpaired) electrons. The van der Waals surface area contributed by atoms with Crippen molar-refractivity contribution in [2.24, 2.45) is 0 Å². The van der Waals surface area contributed by atoms with Crippen LogP contribution in [0.5, 0.6) is 5.75 Å². The molecule has 0 amide bonds. The van der Waals surface area contributed by atoms with Crippen molar-refractivity contribution in [3.8, 4) is 17.6 Å². The average Bonchev–Trinajstić information content (AvgIpc) is 2.64. The lowest BCUT2D eigenvalue weighted by Gasteiger charge is -2.02. The molecular weight excluding hydrogens is 296 g/mol. The van der Waals surface area contributed by atoms with Crippen molar-refractivity contribution in [2.45, 2.75) is 52.4 Å². The summed E-state index contributed by atoms with van der Waals surface area (Å²) in [6.07, 6.45) is 10.6. The van der Waals surface area contributed by atoms with E-state index in [-0.39, 0.29) is 0 Å². The monoisotopic (exact) mass is 322 g/mol. The van der Waals surface area contributed by atoms with E-state index in [2.05, 4.69) is 59.9 Å². The van der Waals surface area contributed by atoms with E-state index in [4.69, 9.17) is 4.74 Å². The van der Waals surface area contributed by atoms with Crippen LogP contribution in [0.1, 0.15) is 62.9 Å². The van der Waals surface area contributed by atoms with Gasteiger partial charge in [-0.15, -0.1) is 0 Å². The van der Waals surface area contributed by atoms with Gasteiger partial charge in [-0.2, -0.15) is 0 Å². The van der Waals surface area contributed by atoms with Crippen LogP contribution in [0.4, 0.5) is 0 Å². The second-order valence-corrected chi connectivity index (χ2v) is 5.85. The normalized spacial score (nSPS) is 10.1. The van der Waals surface area contributed by atoms with E-state index in [9.17, 15) is 0 Å². The lowest BCUT2D eigenvalue weighted by molar-refractivity contribution is 0.314. The summed E-state index contributed by atoms with van der Waals surface area (Å²) in [5.41, 5.74) is 2.37. The number of rotatable bonds is 8. The predicted molar refractivity (Wildman–Crippen MR) is 98.1 cm³/mol. The Kier molecular flexibility index (Phi) is 7.83. The van der Waals surface area contributed by atoms with Gasteiger partial charge in [-0.25, -0.2) is 9.97 Å². The number of unbranched alkanes of at least 4 members (excludes halogenated alkanes) is 3. The molecular formula is C21H26N2O. The Morgan fingerprint density at radius 1 is 0.875 bits per heavy atom. The van der Waals surface area contributed by atoms with Gasteiger partial charge < -0.3 is 4.74 Å². The van der Waals surface area contributed by atoms with E-state index in [1.165, 1.54) is 31.2 Å². The van der Waals surface area contributed by atoms with E-state index in [0.717, 1.165) is 18.4 Å². The minimum absolute atomic E-state index is 0.516. The SMILES string of the molecule is CCCCCCc1ccc(C#Cc2ncc(OCCC)cn2)cc1. The fourth-order valence-corrected chi connectivity index (χ4v) is 2.31. The van der Waals surface area contributed by atoms with Gasteiger partial charge in [-0.1, -0.05) is 51.2 Å². The Morgan fingerprint density at radius 2 is 1.62 bits per heavy atom. The summed E-state index contributed by atoms with van der Waals surface area (Å²) in [4.78, 5) is 8.42. The lowest BCUT2D eigenvalue weighted by atomic mass is 10.0. The maximum Gasteiger partial charge on any atom is 0.205 e. The molecule has 2 rings (SSSR count). The van der Waals surface area contributed by atoms with Gasteiger partial charge >= 0.3 is 0 Å². The molecule has 0 fully saturated rings. The zero-order chi connectivity index (χ0) is 17.0. The molecule has 126 valence electrons. The molecule has 0 saturated heterocycles. The summed E-state index contributed by atoms with van der Waals surface area (Å²) < 4.78 is 5.46. The van der Waals surface area contributed by atoms with Crippen molar-refractivity contribution in [2.75, 3.05) is 6.61 Å². The molecule has 0 aliphatic heterocycles. The summed E-state index contributed by atoms with van der Waals surface area (Å²) in [5.74, 6) is 7.31. The Balaban J connectivity index is 1.88. The average molecular weight is 322 g/mol. The smallest absolute Gasteiger partial charge is 0.205 e. The first kappa shape index (κ1) is 18.0. The highest BCUT2D eigenvalue weighted by Crippen LogP contribution is 2.10. The Bertz CT molecular complexity index is 651. The van der Waals surface area contributed by atoms with Crippen molar-refractivity contribution >= 4 is 0 Å². The molecule has 2 aromatic rings. The highest BCUT2D eigenvalue weighted by atomic mass is 16.5. The molecule has 0 spiro atoms. The van der Waals surface area contributed by atoms with E-state index in [0.29, 0.717) is 18.2 Å². The van der Waals surface area contributed by atoms with Crippen LogP contribution in [0.2, 0.25) is 0 Å². The van der Waals surface area contributed by atoms with Gasteiger partial charge in [0.2, 0.25) is 5.82 Å². The predicted octanol–water partition coefficient (Wildman–Crippen LogP) is 4.79. The molecule has 0 aliphatic carbocycles. The Labute approximate surface area is 145 Å². The number of benzene rings is 1. The fraction of sp³-hybridized carbons (Fsp3) is 0.429. The summed E-state index contributed by atoms with van der Waals surface area (Å²) in [6.45, 7) is 4.99. The summed E-state index contributed by atoms with van der Waals surface area (Å²) >= 11 is 0. The minimum atomic E-state index is 0.516. The number of hydrogen-bond acceptors (Lipinski definition) is 3. The second kappa shape index (κ2) is 10.4. The summed E-state index contributed by atoms with van der Waals surface area (Å²) in [7, 11) is 0. The van der Waals surface area contributed by atoms with E-state index in [1.807, 2.05) is 0 Å². The van der Waals surface area contributed by atoms with Crippen molar-refractivity contribution < 1.29 is 4.74 Å². The number of aryl methyl sites for hydroxylation is 1. The maximum absolute atomic E-state index is 5.46. The largest absolute Gasteiger partial charge is 0.490 e. The van der Waals surface area contributed by atoms with Crippen LogP contribution in [0.25, 0.3) is 0 Å². The van der Waals surface area contributed by atoms with Gasteiger partial charge in [-0.05, 0) is 42.9 Å². The first-order valence-electron chi connectivity index (χ1n) is 8.87. The lowest BCUT2D eigenvalue weighted by Crippen LogP contribution is -1.97. The third kappa shape index (κ3) is 6.42. The number of aromatic nitrogens is 2. The molecule has 0 unspecified atom stereocenters. The fourth-order valence-electron chi connectivity index (χ4n) is 2.31. The van der Waals surface area contributed by atoms with Crippen LogP contribution in [-0.4, -0.2) is 16.6 Å². The highest BCUT2D eigenvalue weighted by molar-refractivity contribution is 5.39. The van der Waals surface area contributed by atoms with Crippen molar-refractivity contribution in [3.05, 3.63) is 53.6 Å². The Morgan fingerprint density at radius 3 is 2.29 bits per heavy atom. The van der Waals surface area contributed by atoms with E-state index in [1.54, 1.807) is 12.4 Å². The molecule has 0 N–H and O–H groups in total. The zero-order valence-electron chi connectivity index (χ0n) is 14.7. The van der Waals surface area contributed by atoms with E-state index < -0.39 is 0 Å². The zero-order valence-corrected chi connectivity index (χ0v) is 14.7. The standard InChI is InChI=1S/C21H26N2O/c1-3-5-6-7-8-18-9-11-19(12-10-18)13-14-21-22-16-20(17-23-21)24-15-4-2/h9-12,16-17H,3-8,15H2,1-2H3. The van der Waals surface area contributed by atoms with Gasteiger partial charge in [0.25, 0.3) is 0 Å². The van der Waals surface area contributed by atoms with E-state index >= 15 is 0 Å². The van der Waals surface area contributed by atoms with Gasteiger partial charge in [0, 0.05) is 5.56 Å². The molecule has 24 heavy (non-hydrogen) atoms. The summed E-state index contributed by atoms with van der Waals surface area (Å²) in [5, 5.41) is 0. The molecule has 1 aromatic carbocycles. The third-order valence-electron chi connectivity index (χ3n) is 3.69. The second-order valence-electron chi connectivity index (χ2n) is 5.85. The van der Waals surface area contributed by atoms with Crippen LogP contribution in [0, 0.1) is 11.8 Å². The topological polar surface area (TPSA) is 35.0 Å². The van der Waals surface area contributed by atoms with Crippen molar-refractivity contribution in [1.29, 1.82) is 0 Å². The van der Waals surface area contributed by atoms with Crippen molar-refractivity contribution in [1.82, 2.24) is 9.97 Å². The molecule has 0 atom stereocenters. The molecule has 1 aromatic heterocycles. The molecule has 0 saturated carbocycles. The van der Waals surface area contributed by atoms with Crippen LogP contribution in [-0.2, 0) is 6.42 Å². The number of ether oxygens (including phenoxy) is 1. The maximum atomic E-state index is 5.46. The van der Waals surface area contributed by atoms with Crippen LogP contribution in [0.3, 0.4) is 0 Å². The first-order chi connectivity index (χ1) is 11.8. The number of hydrogen-bond donors (Lipinski definition) is 0. The first-order valence-corrected chi connectivity index (χ1v) is 8.87. The molecule has 3 heteroatoms.